The molecule has 5 heteroatoms. The maximum Gasteiger partial charge on any atom is 0.251 e. The largest absolute Gasteiger partial charge is 0.399 e. The predicted octanol–water partition coefficient (Wildman–Crippen LogP) is 1.74. The zero-order valence-corrected chi connectivity index (χ0v) is 10.6. The van der Waals surface area contributed by atoms with Crippen molar-refractivity contribution in [1.82, 2.24) is 10.3 Å². The van der Waals surface area contributed by atoms with Gasteiger partial charge in [0.05, 0.1) is 6.04 Å². The van der Waals surface area contributed by atoms with E-state index in [0.29, 0.717) is 16.9 Å². The van der Waals surface area contributed by atoms with E-state index in [1.165, 1.54) is 0 Å². The summed E-state index contributed by atoms with van der Waals surface area (Å²) in [4.78, 5) is 16.1. The van der Waals surface area contributed by atoms with Crippen LogP contribution in [0.1, 0.15) is 28.9 Å². The minimum atomic E-state index is -0.213. The van der Waals surface area contributed by atoms with Crippen LogP contribution in [0.3, 0.4) is 0 Å². The highest BCUT2D eigenvalue weighted by Gasteiger charge is 2.12. The molecule has 2 rings (SSSR count). The summed E-state index contributed by atoms with van der Waals surface area (Å²) in [6, 6.07) is 8.41. The van der Waals surface area contributed by atoms with Gasteiger partial charge in [0.2, 0.25) is 0 Å². The van der Waals surface area contributed by atoms with Crippen molar-refractivity contribution in [3.63, 3.8) is 0 Å². The van der Waals surface area contributed by atoms with E-state index in [4.69, 9.17) is 11.5 Å². The molecule has 0 radical (unpaired) electrons. The summed E-state index contributed by atoms with van der Waals surface area (Å²) in [6.45, 7) is 1.89. The molecule has 1 amide bonds. The molecule has 5 nitrogen and oxygen atoms in total. The Morgan fingerprint density at radius 1 is 1.26 bits per heavy atom. The van der Waals surface area contributed by atoms with Gasteiger partial charge in [0, 0.05) is 29.3 Å². The summed E-state index contributed by atoms with van der Waals surface area (Å²) in [5.41, 5.74) is 13.7. The molecule has 0 spiro atoms. The fourth-order valence-corrected chi connectivity index (χ4v) is 1.80. The lowest BCUT2D eigenvalue weighted by Crippen LogP contribution is -2.26. The molecule has 0 saturated carbocycles. The fraction of sp³-hybridized carbons (Fsp3) is 0.143. The molecule has 0 aliphatic rings. The Bertz CT molecular complexity index is 563. The summed E-state index contributed by atoms with van der Waals surface area (Å²) >= 11 is 0. The van der Waals surface area contributed by atoms with Gasteiger partial charge in [-0.15, -0.1) is 0 Å². The second-order valence-electron chi connectivity index (χ2n) is 4.37. The summed E-state index contributed by atoms with van der Waals surface area (Å²) in [6.07, 6.45) is 3.41. The first kappa shape index (κ1) is 12.9. The Morgan fingerprint density at radius 3 is 2.53 bits per heavy atom. The van der Waals surface area contributed by atoms with Crippen LogP contribution >= 0.6 is 0 Å². The van der Waals surface area contributed by atoms with E-state index in [9.17, 15) is 4.79 Å². The monoisotopic (exact) mass is 256 g/mol. The number of carbonyl (C=O) groups excluding carboxylic acids is 1. The van der Waals surface area contributed by atoms with E-state index >= 15 is 0 Å². The highest BCUT2D eigenvalue weighted by molar-refractivity contribution is 5.96. The highest BCUT2D eigenvalue weighted by atomic mass is 16.1. The lowest BCUT2D eigenvalue weighted by molar-refractivity contribution is 0.0940. The molecule has 0 fully saturated rings. The van der Waals surface area contributed by atoms with Crippen LogP contribution in [-0.2, 0) is 0 Å². The van der Waals surface area contributed by atoms with E-state index in [1.807, 2.05) is 19.1 Å². The van der Waals surface area contributed by atoms with E-state index in [-0.39, 0.29) is 11.9 Å². The van der Waals surface area contributed by atoms with E-state index in [2.05, 4.69) is 10.3 Å². The van der Waals surface area contributed by atoms with Gasteiger partial charge < -0.3 is 16.8 Å². The Labute approximate surface area is 111 Å². The van der Waals surface area contributed by atoms with E-state index < -0.39 is 0 Å². The smallest absolute Gasteiger partial charge is 0.251 e. The van der Waals surface area contributed by atoms with Crippen molar-refractivity contribution < 1.29 is 4.79 Å². The fourth-order valence-electron chi connectivity index (χ4n) is 1.80. The second-order valence-corrected chi connectivity index (χ2v) is 4.37. The molecule has 2 aromatic rings. The zero-order valence-electron chi connectivity index (χ0n) is 10.6. The van der Waals surface area contributed by atoms with Gasteiger partial charge in [0.15, 0.2) is 0 Å². The topological polar surface area (TPSA) is 94.0 Å². The summed E-state index contributed by atoms with van der Waals surface area (Å²) < 4.78 is 0. The number of aromatic nitrogens is 1. The third-order valence-electron chi connectivity index (χ3n) is 2.77. The number of nitrogen functional groups attached to an aromatic ring is 2. The number of pyridine rings is 1. The van der Waals surface area contributed by atoms with Gasteiger partial charge in [-0.1, -0.05) is 6.07 Å². The average Bonchev–Trinajstić information content (AvgIpc) is 2.38. The molecular weight excluding hydrogens is 240 g/mol. The van der Waals surface area contributed by atoms with Gasteiger partial charge in [0.1, 0.15) is 0 Å². The number of hydrogen-bond donors (Lipinski definition) is 3. The minimum Gasteiger partial charge on any atom is -0.399 e. The molecule has 19 heavy (non-hydrogen) atoms. The third kappa shape index (κ3) is 3.22. The Morgan fingerprint density at radius 2 is 1.95 bits per heavy atom. The van der Waals surface area contributed by atoms with Crippen LogP contribution in [0, 0.1) is 0 Å². The number of carbonyl (C=O) groups is 1. The second kappa shape index (κ2) is 5.39. The maximum absolute atomic E-state index is 12.1. The molecule has 0 aliphatic heterocycles. The number of amides is 1. The van der Waals surface area contributed by atoms with Crippen molar-refractivity contribution in [3.05, 3.63) is 53.9 Å². The van der Waals surface area contributed by atoms with E-state index in [0.717, 1.165) is 5.56 Å². The van der Waals surface area contributed by atoms with Crippen molar-refractivity contribution in [3.8, 4) is 0 Å². The molecule has 1 aromatic heterocycles. The Kier molecular flexibility index (Phi) is 3.66. The predicted molar refractivity (Wildman–Crippen MR) is 75.4 cm³/mol. The van der Waals surface area contributed by atoms with Crippen LogP contribution in [0.15, 0.2) is 42.7 Å². The van der Waals surface area contributed by atoms with Crippen molar-refractivity contribution in [2.45, 2.75) is 13.0 Å². The number of anilines is 2. The van der Waals surface area contributed by atoms with Gasteiger partial charge in [-0.25, -0.2) is 0 Å². The Balaban J connectivity index is 2.13. The summed E-state index contributed by atoms with van der Waals surface area (Å²) in [7, 11) is 0. The molecule has 98 valence electrons. The number of hydrogen-bond acceptors (Lipinski definition) is 4. The molecule has 1 unspecified atom stereocenters. The number of benzene rings is 1. The molecule has 1 aromatic carbocycles. The van der Waals surface area contributed by atoms with Crippen LogP contribution in [-0.4, -0.2) is 10.9 Å². The number of nitrogens with zero attached hydrogens (tertiary/aromatic N) is 1. The molecular formula is C14H16N4O. The summed E-state index contributed by atoms with van der Waals surface area (Å²) in [5, 5.41) is 2.88. The average molecular weight is 256 g/mol. The number of nitrogens with two attached hydrogens (primary N) is 2. The van der Waals surface area contributed by atoms with Crippen molar-refractivity contribution in [2.75, 3.05) is 11.5 Å². The standard InChI is InChI=1S/C14H16N4O/c1-9(10-3-2-4-17-8-10)18-14(19)11-5-12(15)7-13(16)6-11/h2-9H,15-16H2,1H3,(H,18,19). The minimum absolute atomic E-state index is 0.135. The van der Waals surface area contributed by atoms with Gasteiger partial charge in [-0.3, -0.25) is 9.78 Å². The first-order valence-corrected chi connectivity index (χ1v) is 5.93. The Hall–Kier alpha value is -2.56. The normalized spacial score (nSPS) is 11.8. The van der Waals surface area contributed by atoms with Crippen LogP contribution < -0.4 is 16.8 Å². The number of nitrogens with one attached hydrogen (secondary N) is 1. The molecule has 5 N–H and O–H groups in total. The quantitative estimate of drug-likeness (QED) is 0.729. The third-order valence-corrected chi connectivity index (χ3v) is 2.77. The molecule has 0 saturated heterocycles. The van der Waals surface area contributed by atoms with Crippen LogP contribution in [0.5, 0.6) is 0 Å². The molecule has 0 bridgehead atoms. The SMILES string of the molecule is CC(NC(=O)c1cc(N)cc(N)c1)c1cccnc1. The van der Waals surface area contributed by atoms with Gasteiger partial charge in [-0.05, 0) is 36.8 Å². The van der Waals surface area contributed by atoms with Crippen molar-refractivity contribution in [1.29, 1.82) is 0 Å². The molecule has 0 aliphatic carbocycles. The highest BCUT2D eigenvalue weighted by Crippen LogP contribution is 2.16. The van der Waals surface area contributed by atoms with Crippen molar-refractivity contribution in [2.24, 2.45) is 0 Å². The first-order valence-electron chi connectivity index (χ1n) is 5.93. The van der Waals surface area contributed by atoms with Crippen LogP contribution in [0.4, 0.5) is 11.4 Å². The lowest BCUT2D eigenvalue weighted by Gasteiger charge is -2.14. The van der Waals surface area contributed by atoms with Gasteiger partial charge in [-0.2, -0.15) is 0 Å². The molecule has 1 heterocycles. The number of rotatable bonds is 3. The summed E-state index contributed by atoms with van der Waals surface area (Å²) in [5.74, 6) is -0.213. The first-order chi connectivity index (χ1) is 9.06. The van der Waals surface area contributed by atoms with Gasteiger partial charge in [0.25, 0.3) is 5.91 Å². The lowest BCUT2D eigenvalue weighted by atomic mass is 10.1. The van der Waals surface area contributed by atoms with Crippen LogP contribution in [0.2, 0.25) is 0 Å². The van der Waals surface area contributed by atoms with Crippen molar-refractivity contribution >= 4 is 17.3 Å². The molecule has 1 atom stereocenters. The van der Waals surface area contributed by atoms with E-state index in [1.54, 1.807) is 30.6 Å². The van der Waals surface area contributed by atoms with Crippen LogP contribution in [0.25, 0.3) is 0 Å². The maximum atomic E-state index is 12.1. The zero-order chi connectivity index (χ0) is 13.8. The van der Waals surface area contributed by atoms with Gasteiger partial charge >= 0.3 is 0 Å².